The van der Waals surface area contributed by atoms with Crippen LogP contribution in [0.4, 0.5) is 26.3 Å². The molecule has 0 heterocycles. The molecule has 6 aromatic carbocycles. The molecule has 0 aliphatic carbocycles. The zero-order valence-corrected chi connectivity index (χ0v) is 47.0. The third kappa shape index (κ3) is 28.4. The van der Waals surface area contributed by atoms with Crippen LogP contribution in [-0.2, 0) is 23.7 Å². The summed E-state index contributed by atoms with van der Waals surface area (Å²) in [6, 6.07) is 39.1. The summed E-state index contributed by atoms with van der Waals surface area (Å²) >= 11 is 15.0. The van der Waals surface area contributed by atoms with Crippen molar-refractivity contribution in [3.63, 3.8) is 0 Å². The van der Waals surface area contributed by atoms with E-state index in [1.54, 1.807) is 44.2 Å². The van der Waals surface area contributed by atoms with E-state index >= 15 is 0 Å². The van der Waals surface area contributed by atoms with Gasteiger partial charge in [-0.25, -0.2) is 14.3 Å². The monoisotopic (exact) mass is 1170 g/mol. The van der Waals surface area contributed by atoms with E-state index in [0.29, 0.717) is 16.7 Å². The predicted octanol–water partition coefficient (Wildman–Crippen LogP) is 14.5. The van der Waals surface area contributed by atoms with Gasteiger partial charge in [-0.2, -0.15) is 17.6 Å². The van der Waals surface area contributed by atoms with E-state index in [0.717, 1.165) is 32.3 Å². The molecule has 0 bridgehead atoms. The molecule has 0 aliphatic heterocycles. The van der Waals surface area contributed by atoms with Crippen LogP contribution in [0.2, 0.25) is 0 Å². The Balaban J connectivity index is 0.00000102. The van der Waals surface area contributed by atoms with Gasteiger partial charge in [0, 0.05) is 5.56 Å². The number of hydrogen-bond donors (Lipinski definition) is 2. The Morgan fingerprint density at radius 3 is 1.18 bits per heavy atom. The number of halogens is 9. The van der Waals surface area contributed by atoms with Crippen molar-refractivity contribution in [3.05, 3.63) is 144 Å². The second-order valence-corrected chi connectivity index (χ2v) is 16.1. The molecule has 6 aromatic rings. The van der Waals surface area contributed by atoms with E-state index in [4.69, 9.17) is 54.5 Å². The van der Waals surface area contributed by atoms with Crippen molar-refractivity contribution in [2.45, 2.75) is 79.8 Å². The standard InChI is InChI=1S/C23H16O4.C11H7ClO.C9H14F6O3.C8H6.C6H15N.CH2Cl2.CH4O2/c24-22(20-13-5-9-16-7-1-3-11-18(16)20)26-15-27-23(25)21-14-6-10-17-8-2-4-12-19(17)21;12-11(13)10-7-3-5-8-4-1-2-6-9(8)10;1-3-5-16-7(10,11)8(12,13)18-9(14,15)17-6-4-2;1-3-5-7-8-6-4-2;1-4-7(5-2)6-3;2*2-1-3/h1-14H,15H2;1-7H;3-6H2,1-2H3;1-2H3;4-6H2,1-3H3;1H2;2-3H,1H2. The molecule has 0 atom stereocenters. The number of rotatable bonds is 17. The summed E-state index contributed by atoms with van der Waals surface area (Å²) < 4.78 is 96.5. The van der Waals surface area contributed by atoms with Gasteiger partial charge in [0.15, 0.2) is 0 Å². The Morgan fingerprint density at radius 1 is 0.519 bits per heavy atom. The fraction of sp³-hybridized carbons (Fsp3) is 0.339. The summed E-state index contributed by atoms with van der Waals surface area (Å²) in [5.74, 6) is 14.5. The Morgan fingerprint density at radius 2 is 0.848 bits per heavy atom. The first-order chi connectivity index (χ1) is 37.7. The topological polar surface area (TPSA) is 141 Å². The lowest BCUT2D eigenvalue weighted by Crippen LogP contribution is -2.49. The first kappa shape index (κ1) is 72.6. The van der Waals surface area contributed by atoms with Gasteiger partial charge in [-0.1, -0.05) is 156 Å². The zero-order valence-electron chi connectivity index (χ0n) is 44.7. The van der Waals surface area contributed by atoms with Crippen molar-refractivity contribution in [2.75, 3.05) is 51.8 Å². The Bertz CT molecular complexity index is 2790. The van der Waals surface area contributed by atoms with Crippen LogP contribution >= 0.6 is 34.8 Å². The lowest BCUT2D eigenvalue weighted by atomic mass is 10.0. The van der Waals surface area contributed by atoms with Gasteiger partial charge < -0.3 is 29.3 Å². The van der Waals surface area contributed by atoms with Crippen molar-refractivity contribution in [1.82, 2.24) is 4.90 Å². The zero-order chi connectivity index (χ0) is 59.7. The minimum absolute atomic E-state index is 0.00833. The summed E-state index contributed by atoms with van der Waals surface area (Å²) in [5.41, 5.74) is 1.45. The predicted molar refractivity (Wildman–Crippen MR) is 300 cm³/mol. The molecular formula is C59H64Cl3F6NO10. The van der Waals surface area contributed by atoms with Gasteiger partial charge in [-0.15, -0.1) is 32.0 Å². The average molecular weight is 1170 g/mol. The normalized spacial score (nSPS) is 10.3. The highest BCUT2D eigenvalue weighted by molar-refractivity contribution is 6.68. The maximum absolute atomic E-state index is 12.8. The maximum Gasteiger partial charge on any atom is 0.490 e. The molecule has 0 unspecified atom stereocenters. The van der Waals surface area contributed by atoms with Crippen LogP contribution in [0.3, 0.4) is 0 Å². The third-order valence-corrected chi connectivity index (χ3v) is 9.93. The number of aliphatic hydroxyl groups excluding tert-OH is 1. The number of benzene rings is 6. The van der Waals surface area contributed by atoms with Crippen LogP contribution in [0.1, 0.15) is 92.4 Å². The molecule has 0 spiro atoms. The molecule has 0 saturated heterocycles. The van der Waals surface area contributed by atoms with Crippen molar-refractivity contribution in [1.29, 1.82) is 0 Å². The number of aliphatic hydroxyl groups is 2. The van der Waals surface area contributed by atoms with E-state index in [9.17, 15) is 40.7 Å². The van der Waals surface area contributed by atoms with Crippen molar-refractivity contribution in [3.8, 4) is 35.5 Å². The molecule has 2 N–H and O–H groups in total. The molecule has 428 valence electrons. The highest BCUT2D eigenvalue weighted by atomic mass is 35.5. The minimum Gasteiger partial charge on any atom is -0.424 e. The highest BCUT2D eigenvalue weighted by Gasteiger charge is 2.64. The fourth-order valence-corrected chi connectivity index (χ4v) is 6.29. The first-order valence-electron chi connectivity index (χ1n) is 24.2. The molecule has 0 amide bonds. The lowest BCUT2D eigenvalue weighted by Gasteiger charge is -2.28. The molecule has 0 saturated carbocycles. The third-order valence-electron chi connectivity index (χ3n) is 9.73. The number of fused-ring (bicyclic) bond motifs is 3. The van der Waals surface area contributed by atoms with Crippen LogP contribution in [0.15, 0.2) is 127 Å². The number of carbonyl (C=O) groups excluding carboxylic acids is 3. The maximum atomic E-state index is 12.8. The molecule has 11 nitrogen and oxygen atoms in total. The van der Waals surface area contributed by atoms with Gasteiger partial charge in [0.2, 0.25) is 6.79 Å². The fourth-order valence-electron chi connectivity index (χ4n) is 6.13. The SMILES string of the molecule is CC#CC#CC#CC.CCCOC(F)(F)OC(F)(F)C(F)(F)OCCC.CCN(CC)CC.ClCCl.O=C(Cl)c1cccc2ccccc12.O=C(OCOC(=O)c1cccc2ccccc12)c1cccc2ccccc12.OCO. The smallest absolute Gasteiger partial charge is 0.424 e. The van der Waals surface area contributed by atoms with Gasteiger partial charge in [-0.05, 0) is 132 Å². The van der Waals surface area contributed by atoms with Crippen molar-refractivity contribution >= 4 is 84.3 Å². The molecule has 0 aromatic heterocycles. The van der Waals surface area contributed by atoms with Gasteiger partial charge in [-0.3, -0.25) is 9.53 Å². The number of nitrogens with zero attached hydrogens (tertiary/aromatic N) is 1. The summed E-state index contributed by atoms with van der Waals surface area (Å²) in [5, 5.41) is 19.5. The molecule has 6 rings (SSSR count). The van der Waals surface area contributed by atoms with Gasteiger partial charge in [0.25, 0.3) is 5.24 Å². The van der Waals surface area contributed by atoms with E-state index in [1.807, 2.05) is 97.1 Å². The number of esters is 2. The first-order valence-corrected chi connectivity index (χ1v) is 25.6. The quantitative estimate of drug-likeness (QED) is 0.0225. The molecule has 0 radical (unpaired) electrons. The number of hydrogen-bond acceptors (Lipinski definition) is 11. The summed E-state index contributed by atoms with van der Waals surface area (Å²) in [6.07, 6.45) is -15.4. The Labute approximate surface area is 473 Å². The average Bonchev–Trinajstić information content (AvgIpc) is 3.44. The van der Waals surface area contributed by atoms with Crippen LogP contribution in [0, 0.1) is 35.5 Å². The second-order valence-electron chi connectivity index (χ2n) is 15.0. The van der Waals surface area contributed by atoms with Gasteiger partial charge >= 0.3 is 30.5 Å². The summed E-state index contributed by atoms with van der Waals surface area (Å²) in [6.45, 7) is 13.9. The van der Waals surface area contributed by atoms with Gasteiger partial charge in [0.05, 0.1) is 29.7 Å². The lowest BCUT2D eigenvalue weighted by molar-refractivity contribution is -0.526. The Hall–Kier alpha value is -6.40. The molecule has 0 aliphatic rings. The molecule has 20 heteroatoms. The van der Waals surface area contributed by atoms with E-state index < -0.39 is 62.5 Å². The van der Waals surface area contributed by atoms with Crippen LogP contribution in [-0.4, -0.2) is 103 Å². The second kappa shape index (κ2) is 41.6. The summed E-state index contributed by atoms with van der Waals surface area (Å²) in [7, 11) is 0. The van der Waals surface area contributed by atoms with Crippen LogP contribution in [0.5, 0.6) is 0 Å². The summed E-state index contributed by atoms with van der Waals surface area (Å²) in [4.78, 5) is 38.2. The van der Waals surface area contributed by atoms with Crippen molar-refractivity contribution in [2.24, 2.45) is 0 Å². The van der Waals surface area contributed by atoms with Crippen molar-refractivity contribution < 1.29 is 74.6 Å². The number of carbonyl (C=O) groups is 3. The molecule has 79 heavy (non-hydrogen) atoms. The molecule has 0 fully saturated rings. The minimum atomic E-state index is -5.50. The Kier molecular flexibility index (Phi) is 38.2. The number of ether oxygens (including phenoxy) is 5. The molecular weight excluding hydrogens is 1100 g/mol. The van der Waals surface area contributed by atoms with Crippen LogP contribution < -0.4 is 0 Å². The number of alkyl halides is 8. The van der Waals surface area contributed by atoms with Gasteiger partial charge in [0.1, 0.15) is 6.79 Å². The highest BCUT2D eigenvalue weighted by Crippen LogP contribution is 2.40. The van der Waals surface area contributed by atoms with E-state index in [1.165, 1.54) is 33.5 Å². The van der Waals surface area contributed by atoms with E-state index in [2.05, 4.69) is 75.4 Å². The largest absolute Gasteiger partial charge is 0.490 e. The van der Waals surface area contributed by atoms with Crippen LogP contribution in [0.25, 0.3) is 32.3 Å². The van der Waals surface area contributed by atoms with E-state index in [-0.39, 0.29) is 18.2 Å².